The molecule has 0 unspecified atom stereocenters. The first-order valence-electron chi connectivity index (χ1n) is 11.4. The number of amides is 1. The minimum atomic E-state index is 0.142. The second-order valence-corrected chi connectivity index (χ2v) is 9.22. The molecule has 0 aliphatic carbocycles. The van der Waals surface area contributed by atoms with Crippen molar-refractivity contribution in [2.24, 2.45) is 5.92 Å². The van der Waals surface area contributed by atoms with Crippen LogP contribution >= 0.6 is 0 Å². The number of hydrogen-bond donors (Lipinski definition) is 0. The lowest BCUT2D eigenvalue weighted by molar-refractivity contribution is 0.0320. The summed E-state index contributed by atoms with van der Waals surface area (Å²) in [7, 11) is 2.16. The summed E-state index contributed by atoms with van der Waals surface area (Å²) >= 11 is 0. The summed E-state index contributed by atoms with van der Waals surface area (Å²) in [5.41, 5.74) is 0.769. The third-order valence-electron chi connectivity index (χ3n) is 6.79. The maximum atomic E-state index is 13.6. The Balaban J connectivity index is 1.52. The molecule has 4 rings (SSSR count). The lowest BCUT2D eigenvalue weighted by Gasteiger charge is -2.38. The van der Waals surface area contributed by atoms with Crippen LogP contribution in [0.2, 0.25) is 0 Å². The number of carbonyl (C=O) groups is 1. The largest absolute Gasteiger partial charge is 0.376 e. The predicted molar refractivity (Wildman–Crippen MR) is 115 cm³/mol. The monoisotopic (exact) mass is 400 g/mol. The Labute approximate surface area is 175 Å². The molecule has 6 nitrogen and oxygen atoms in total. The van der Waals surface area contributed by atoms with Crippen LogP contribution in [-0.4, -0.2) is 79.2 Å². The summed E-state index contributed by atoms with van der Waals surface area (Å²) in [5, 5.41) is 0. The Hall–Kier alpha value is -1.66. The molecule has 160 valence electrons. The molecule has 1 amide bonds. The zero-order valence-electron chi connectivity index (χ0n) is 18.1. The van der Waals surface area contributed by atoms with E-state index in [1.807, 2.05) is 12.1 Å². The second kappa shape index (κ2) is 9.43. The van der Waals surface area contributed by atoms with E-state index in [9.17, 15) is 4.79 Å². The molecule has 2 atom stereocenters. The van der Waals surface area contributed by atoms with E-state index < -0.39 is 0 Å². The van der Waals surface area contributed by atoms with Gasteiger partial charge in [-0.05, 0) is 76.7 Å². The molecule has 0 spiro atoms. The van der Waals surface area contributed by atoms with E-state index in [2.05, 4.69) is 33.7 Å². The van der Waals surface area contributed by atoms with Crippen molar-refractivity contribution < 1.29 is 9.53 Å². The molecule has 1 aromatic rings. The Morgan fingerprint density at radius 3 is 2.76 bits per heavy atom. The highest BCUT2D eigenvalue weighted by Gasteiger charge is 2.31. The standard InChI is InChI=1S/C23H36N4O2/c1-18-5-3-11-26(16-18)22-15-19(7-10-24-22)23(28)27(17-21-6-4-14-29-21)20-8-12-25(2)13-9-20/h7,10,15,18,20-21H,3-6,8-9,11-14,16-17H2,1-2H3/t18-,21+/m0/s1. The van der Waals surface area contributed by atoms with Gasteiger partial charge in [-0.2, -0.15) is 0 Å². The number of likely N-dealkylation sites (tertiary alicyclic amines) is 1. The number of ether oxygens (including phenoxy) is 1. The molecule has 1 aromatic heterocycles. The predicted octanol–water partition coefficient (Wildman–Crippen LogP) is 3.03. The van der Waals surface area contributed by atoms with Gasteiger partial charge in [-0.25, -0.2) is 4.98 Å². The average molecular weight is 401 g/mol. The molecule has 0 radical (unpaired) electrons. The van der Waals surface area contributed by atoms with Crippen molar-refractivity contribution in [3.8, 4) is 0 Å². The van der Waals surface area contributed by atoms with Gasteiger partial charge in [-0.3, -0.25) is 4.79 Å². The normalized spacial score (nSPS) is 26.6. The van der Waals surface area contributed by atoms with Crippen molar-refractivity contribution in [2.75, 3.05) is 51.3 Å². The van der Waals surface area contributed by atoms with Crippen molar-refractivity contribution in [3.05, 3.63) is 23.9 Å². The summed E-state index contributed by atoms with van der Waals surface area (Å²) in [6.45, 7) is 7.99. The van der Waals surface area contributed by atoms with Crippen LogP contribution in [-0.2, 0) is 4.74 Å². The van der Waals surface area contributed by atoms with E-state index in [0.717, 1.165) is 69.9 Å². The van der Waals surface area contributed by atoms with Crippen LogP contribution in [0.25, 0.3) is 0 Å². The van der Waals surface area contributed by atoms with Gasteiger partial charge in [0.1, 0.15) is 5.82 Å². The molecule has 0 bridgehead atoms. The maximum Gasteiger partial charge on any atom is 0.254 e. The maximum absolute atomic E-state index is 13.6. The fraction of sp³-hybridized carbons (Fsp3) is 0.739. The lowest BCUT2D eigenvalue weighted by Crippen LogP contribution is -2.49. The SMILES string of the molecule is C[C@H]1CCCN(c2cc(C(=O)N(C[C@H]3CCCO3)C3CCN(C)CC3)ccn2)C1. The van der Waals surface area contributed by atoms with Gasteiger partial charge in [-0.15, -0.1) is 0 Å². The highest BCUT2D eigenvalue weighted by Crippen LogP contribution is 2.25. The summed E-state index contributed by atoms with van der Waals surface area (Å²) < 4.78 is 5.89. The first-order valence-corrected chi connectivity index (χ1v) is 11.4. The molecule has 4 heterocycles. The Morgan fingerprint density at radius 1 is 1.21 bits per heavy atom. The minimum Gasteiger partial charge on any atom is -0.376 e. The molecule has 0 N–H and O–H groups in total. The van der Waals surface area contributed by atoms with E-state index in [4.69, 9.17) is 4.74 Å². The highest BCUT2D eigenvalue weighted by atomic mass is 16.5. The van der Waals surface area contributed by atoms with Crippen LogP contribution in [0.1, 0.15) is 55.8 Å². The van der Waals surface area contributed by atoms with Gasteiger partial charge < -0.3 is 19.4 Å². The van der Waals surface area contributed by atoms with Gasteiger partial charge in [0.15, 0.2) is 0 Å². The first kappa shape index (κ1) is 20.6. The number of pyridine rings is 1. The molecule has 29 heavy (non-hydrogen) atoms. The topological polar surface area (TPSA) is 48.9 Å². The molecular weight excluding hydrogens is 364 g/mol. The number of nitrogens with zero attached hydrogens (tertiary/aromatic N) is 4. The number of hydrogen-bond acceptors (Lipinski definition) is 5. The second-order valence-electron chi connectivity index (χ2n) is 9.22. The van der Waals surface area contributed by atoms with Gasteiger partial charge >= 0.3 is 0 Å². The van der Waals surface area contributed by atoms with Crippen molar-refractivity contribution in [1.29, 1.82) is 0 Å². The Morgan fingerprint density at radius 2 is 2.03 bits per heavy atom. The Kier molecular flexibility index (Phi) is 6.70. The molecule has 3 aliphatic rings. The smallest absolute Gasteiger partial charge is 0.254 e. The Bertz CT molecular complexity index is 683. The number of aromatic nitrogens is 1. The third kappa shape index (κ3) is 5.10. The number of anilines is 1. The van der Waals surface area contributed by atoms with Gasteiger partial charge in [-0.1, -0.05) is 6.92 Å². The molecule has 0 saturated carbocycles. The highest BCUT2D eigenvalue weighted by molar-refractivity contribution is 5.95. The van der Waals surface area contributed by atoms with Crippen molar-refractivity contribution >= 4 is 11.7 Å². The van der Waals surface area contributed by atoms with E-state index >= 15 is 0 Å². The van der Waals surface area contributed by atoms with Crippen LogP contribution < -0.4 is 4.90 Å². The average Bonchev–Trinajstić information content (AvgIpc) is 3.26. The first-order chi connectivity index (χ1) is 14.1. The fourth-order valence-electron chi connectivity index (χ4n) is 5.00. The molecule has 3 saturated heterocycles. The number of carbonyl (C=O) groups excluding carboxylic acids is 1. The van der Waals surface area contributed by atoms with E-state index in [0.29, 0.717) is 18.5 Å². The fourth-order valence-corrected chi connectivity index (χ4v) is 5.00. The van der Waals surface area contributed by atoms with Crippen molar-refractivity contribution in [1.82, 2.24) is 14.8 Å². The van der Waals surface area contributed by atoms with Crippen LogP contribution in [0.15, 0.2) is 18.3 Å². The number of piperidine rings is 2. The quantitative estimate of drug-likeness (QED) is 0.760. The van der Waals surface area contributed by atoms with Gasteiger partial charge in [0.2, 0.25) is 0 Å². The zero-order valence-corrected chi connectivity index (χ0v) is 18.1. The summed E-state index contributed by atoms with van der Waals surface area (Å²) in [6.07, 6.45) is 8.70. The van der Waals surface area contributed by atoms with E-state index in [-0.39, 0.29) is 12.0 Å². The van der Waals surface area contributed by atoms with Gasteiger partial charge in [0.25, 0.3) is 5.91 Å². The van der Waals surface area contributed by atoms with Crippen molar-refractivity contribution in [2.45, 2.75) is 57.6 Å². The van der Waals surface area contributed by atoms with Gasteiger partial charge in [0.05, 0.1) is 6.10 Å². The van der Waals surface area contributed by atoms with E-state index in [1.165, 1.54) is 12.8 Å². The molecule has 0 aromatic carbocycles. The van der Waals surface area contributed by atoms with Crippen molar-refractivity contribution in [3.63, 3.8) is 0 Å². The lowest BCUT2D eigenvalue weighted by atomic mass is 10.00. The number of rotatable bonds is 5. The molecule has 3 aliphatic heterocycles. The summed E-state index contributed by atoms with van der Waals surface area (Å²) in [4.78, 5) is 25.0. The summed E-state index contributed by atoms with van der Waals surface area (Å²) in [5.74, 6) is 1.77. The zero-order chi connectivity index (χ0) is 20.2. The van der Waals surface area contributed by atoms with Crippen LogP contribution in [0.4, 0.5) is 5.82 Å². The van der Waals surface area contributed by atoms with Gasteiger partial charge in [0, 0.05) is 44.0 Å². The van der Waals surface area contributed by atoms with E-state index in [1.54, 1.807) is 6.20 Å². The molecule has 3 fully saturated rings. The summed E-state index contributed by atoms with van der Waals surface area (Å²) in [6, 6.07) is 4.20. The molecule has 6 heteroatoms. The van der Waals surface area contributed by atoms with Crippen LogP contribution in [0, 0.1) is 5.92 Å². The third-order valence-corrected chi connectivity index (χ3v) is 6.79. The van der Waals surface area contributed by atoms with Crippen LogP contribution in [0.3, 0.4) is 0 Å². The molecular formula is C23H36N4O2. The minimum absolute atomic E-state index is 0.142. The van der Waals surface area contributed by atoms with Crippen LogP contribution in [0.5, 0.6) is 0 Å².